The second kappa shape index (κ2) is 7.21. The van der Waals surface area contributed by atoms with Gasteiger partial charge in [-0.1, -0.05) is 18.2 Å². The maximum Gasteiger partial charge on any atom is 0.255 e. The molecule has 6 heteroatoms. The summed E-state index contributed by atoms with van der Waals surface area (Å²) in [6.45, 7) is 6.78. The average Bonchev–Trinajstić information content (AvgIpc) is 3.13. The van der Waals surface area contributed by atoms with Gasteiger partial charge in [0, 0.05) is 24.3 Å². The lowest BCUT2D eigenvalue weighted by molar-refractivity contribution is 0.102. The molecule has 26 heavy (non-hydrogen) atoms. The number of anilines is 1. The number of hydrogen-bond acceptors (Lipinski definition) is 3. The average molecular weight is 372 g/mol. The monoisotopic (exact) mass is 372 g/mol. The number of carbonyl (C=O) groups is 1. The standard InChI is InChI=1S/C20H24N2O3S/c1-14-6-7-16(3)19(12-14)21-20(23)18-13-17(9-8-15(18)2)26(24,25)22-10-4-5-11-22/h6-9,12-13H,4-5,10-11H2,1-3H3,(H,21,23). The van der Waals surface area contributed by atoms with E-state index in [2.05, 4.69) is 5.32 Å². The van der Waals surface area contributed by atoms with Crippen LogP contribution in [-0.4, -0.2) is 31.7 Å². The molecule has 1 N–H and O–H groups in total. The van der Waals surface area contributed by atoms with Crippen molar-refractivity contribution < 1.29 is 13.2 Å². The maximum absolute atomic E-state index is 12.8. The molecule has 2 aromatic rings. The minimum Gasteiger partial charge on any atom is -0.322 e. The lowest BCUT2D eigenvalue weighted by Crippen LogP contribution is -2.28. The van der Waals surface area contributed by atoms with Gasteiger partial charge in [-0.3, -0.25) is 4.79 Å². The Morgan fingerprint density at radius 3 is 2.31 bits per heavy atom. The molecule has 5 nitrogen and oxygen atoms in total. The molecule has 0 aliphatic carbocycles. The SMILES string of the molecule is Cc1ccc(C)c(NC(=O)c2cc(S(=O)(=O)N3CCCC3)ccc2C)c1. The van der Waals surface area contributed by atoms with E-state index in [4.69, 9.17) is 0 Å². The zero-order valence-corrected chi connectivity index (χ0v) is 16.2. The third kappa shape index (κ3) is 3.66. The molecule has 138 valence electrons. The minimum absolute atomic E-state index is 0.177. The summed E-state index contributed by atoms with van der Waals surface area (Å²) in [6, 6.07) is 10.6. The molecular formula is C20H24N2O3S. The van der Waals surface area contributed by atoms with Crippen LogP contribution in [0.25, 0.3) is 0 Å². The van der Waals surface area contributed by atoms with Crippen LogP contribution in [0.1, 0.15) is 39.9 Å². The van der Waals surface area contributed by atoms with E-state index >= 15 is 0 Å². The third-order valence-electron chi connectivity index (χ3n) is 4.80. The van der Waals surface area contributed by atoms with E-state index in [0.717, 1.165) is 35.2 Å². The number of hydrogen-bond donors (Lipinski definition) is 1. The number of rotatable bonds is 4. The van der Waals surface area contributed by atoms with Crippen molar-refractivity contribution in [2.24, 2.45) is 0 Å². The number of carbonyl (C=O) groups excluding carboxylic acids is 1. The Kier molecular flexibility index (Phi) is 5.16. The van der Waals surface area contributed by atoms with E-state index in [1.165, 1.54) is 10.4 Å². The van der Waals surface area contributed by atoms with Gasteiger partial charge in [-0.25, -0.2) is 8.42 Å². The first kappa shape index (κ1) is 18.6. The fraction of sp³-hybridized carbons (Fsp3) is 0.350. The molecule has 0 saturated carbocycles. The van der Waals surface area contributed by atoms with Crippen molar-refractivity contribution in [3.8, 4) is 0 Å². The van der Waals surface area contributed by atoms with Gasteiger partial charge in [-0.15, -0.1) is 0 Å². The van der Waals surface area contributed by atoms with Crippen molar-refractivity contribution in [1.29, 1.82) is 0 Å². The van der Waals surface area contributed by atoms with Crippen LogP contribution in [0.15, 0.2) is 41.3 Å². The van der Waals surface area contributed by atoms with Crippen LogP contribution in [0.2, 0.25) is 0 Å². The molecule has 1 saturated heterocycles. The van der Waals surface area contributed by atoms with Gasteiger partial charge in [-0.2, -0.15) is 4.31 Å². The largest absolute Gasteiger partial charge is 0.322 e. The van der Waals surface area contributed by atoms with Crippen molar-refractivity contribution in [2.45, 2.75) is 38.5 Å². The summed E-state index contributed by atoms with van der Waals surface area (Å²) in [7, 11) is -3.55. The molecule has 1 amide bonds. The lowest BCUT2D eigenvalue weighted by atomic mass is 10.1. The Labute approximate surface area is 155 Å². The smallest absolute Gasteiger partial charge is 0.255 e. The predicted octanol–water partition coefficient (Wildman–Crippen LogP) is 3.65. The van der Waals surface area contributed by atoms with Crippen LogP contribution in [0.5, 0.6) is 0 Å². The summed E-state index contributed by atoms with van der Waals surface area (Å²) < 4.78 is 27.0. The Balaban J connectivity index is 1.92. The van der Waals surface area contributed by atoms with Crippen LogP contribution in [0, 0.1) is 20.8 Å². The Bertz CT molecular complexity index is 946. The number of sulfonamides is 1. The molecule has 1 aliphatic heterocycles. The highest BCUT2D eigenvalue weighted by atomic mass is 32.2. The number of nitrogens with one attached hydrogen (secondary N) is 1. The van der Waals surface area contributed by atoms with Crippen LogP contribution in [-0.2, 0) is 10.0 Å². The van der Waals surface area contributed by atoms with Crippen LogP contribution in [0.4, 0.5) is 5.69 Å². The quantitative estimate of drug-likeness (QED) is 0.891. The van der Waals surface area contributed by atoms with Gasteiger partial charge >= 0.3 is 0 Å². The van der Waals surface area contributed by atoms with Gasteiger partial charge in [0.1, 0.15) is 0 Å². The molecular weight excluding hydrogens is 348 g/mol. The first-order chi connectivity index (χ1) is 12.3. The highest BCUT2D eigenvalue weighted by Crippen LogP contribution is 2.24. The molecule has 0 radical (unpaired) electrons. The summed E-state index contributed by atoms with van der Waals surface area (Å²) >= 11 is 0. The third-order valence-corrected chi connectivity index (χ3v) is 6.69. The topological polar surface area (TPSA) is 66.5 Å². The van der Waals surface area contributed by atoms with Gasteiger partial charge < -0.3 is 5.32 Å². The minimum atomic E-state index is -3.55. The first-order valence-corrected chi connectivity index (χ1v) is 10.2. The number of nitrogens with zero attached hydrogens (tertiary/aromatic N) is 1. The summed E-state index contributed by atoms with van der Waals surface area (Å²) in [5.74, 6) is -0.297. The molecule has 3 rings (SSSR count). The van der Waals surface area contributed by atoms with E-state index in [0.29, 0.717) is 18.7 Å². The lowest BCUT2D eigenvalue weighted by Gasteiger charge is -2.17. The summed E-state index contributed by atoms with van der Waals surface area (Å²) in [5.41, 5.74) is 3.87. The van der Waals surface area contributed by atoms with Crippen molar-refractivity contribution in [2.75, 3.05) is 18.4 Å². The van der Waals surface area contributed by atoms with Crippen LogP contribution in [0.3, 0.4) is 0 Å². The number of amides is 1. The predicted molar refractivity (Wildman–Crippen MR) is 103 cm³/mol. The number of benzene rings is 2. The second-order valence-electron chi connectivity index (χ2n) is 6.86. The molecule has 0 atom stereocenters. The van der Waals surface area contributed by atoms with Gasteiger partial charge in [-0.05, 0) is 68.5 Å². The summed E-state index contributed by atoms with van der Waals surface area (Å²) in [4.78, 5) is 13.0. The highest BCUT2D eigenvalue weighted by Gasteiger charge is 2.28. The van der Waals surface area contributed by atoms with E-state index in [9.17, 15) is 13.2 Å². The molecule has 2 aromatic carbocycles. The Hall–Kier alpha value is -2.18. The van der Waals surface area contributed by atoms with Gasteiger partial charge in [0.05, 0.1) is 4.90 Å². The van der Waals surface area contributed by atoms with E-state index in [-0.39, 0.29) is 10.8 Å². The molecule has 0 aromatic heterocycles. The molecule has 0 bridgehead atoms. The van der Waals surface area contributed by atoms with Crippen LogP contribution >= 0.6 is 0 Å². The zero-order chi connectivity index (χ0) is 18.9. The summed E-state index contributed by atoms with van der Waals surface area (Å²) in [6.07, 6.45) is 1.76. The Morgan fingerprint density at radius 1 is 0.962 bits per heavy atom. The van der Waals surface area contributed by atoms with Crippen molar-refractivity contribution >= 4 is 21.6 Å². The van der Waals surface area contributed by atoms with Gasteiger partial charge in [0.2, 0.25) is 10.0 Å². The molecule has 0 unspecified atom stereocenters. The van der Waals surface area contributed by atoms with Crippen molar-refractivity contribution in [3.63, 3.8) is 0 Å². The first-order valence-electron chi connectivity index (χ1n) is 8.78. The van der Waals surface area contributed by atoms with Crippen LogP contribution < -0.4 is 5.32 Å². The van der Waals surface area contributed by atoms with Gasteiger partial charge in [0.15, 0.2) is 0 Å². The number of aryl methyl sites for hydroxylation is 3. The Morgan fingerprint density at radius 2 is 1.62 bits per heavy atom. The van der Waals surface area contributed by atoms with E-state index < -0.39 is 10.0 Å². The van der Waals surface area contributed by atoms with E-state index in [1.54, 1.807) is 12.1 Å². The molecule has 0 spiro atoms. The molecule has 1 heterocycles. The highest BCUT2D eigenvalue weighted by molar-refractivity contribution is 7.89. The maximum atomic E-state index is 12.8. The summed E-state index contributed by atoms with van der Waals surface area (Å²) in [5, 5.41) is 2.91. The van der Waals surface area contributed by atoms with Gasteiger partial charge in [0.25, 0.3) is 5.91 Å². The molecule has 1 fully saturated rings. The zero-order valence-electron chi connectivity index (χ0n) is 15.4. The fourth-order valence-electron chi connectivity index (χ4n) is 3.14. The normalized spacial score (nSPS) is 15.2. The second-order valence-corrected chi connectivity index (χ2v) is 8.80. The fourth-order valence-corrected chi connectivity index (χ4v) is 4.69. The van der Waals surface area contributed by atoms with Crippen molar-refractivity contribution in [3.05, 3.63) is 58.7 Å². The van der Waals surface area contributed by atoms with E-state index in [1.807, 2.05) is 39.0 Å². The molecule has 1 aliphatic rings. The van der Waals surface area contributed by atoms with Crippen molar-refractivity contribution in [1.82, 2.24) is 4.31 Å².